The molecular weight excluding hydrogens is 324 g/mol. The molecule has 0 N–H and O–H groups in total. The minimum absolute atomic E-state index is 0.101. The van der Waals surface area contributed by atoms with E-state index in [2.05, 4.69) is 9.47 Å². The van der Waals surface area contributed by atoms with Crippen molar-refractivity contribution in [3.8, 4) is 0 Å². The van der Waals surface area contributed by atoms with Crippen LogP contribution in [0.5, 0.6) is 0 Å². The van der Waals surface area contributed by atoms with E-state index in [1.54, 1.807) is 12.1 Å². The summed E-state index contributed by atoms with van der Waals surface area (Å²) in [5, 5.41) is 0.253. The summed E-state index contributed by atoms with van der Waals surface area (Å²) in [6.45, 7) is 0. The lowest BCUT2D eigenvalue weighted by atomic mass is 9.81. The van der Waals surface area contributed by atoms with Crippen molar-refractivity contribution >= 4 is 35.5 Å². The van der Waals surface area contributed by atoms with Crippen molar-refractivity contribution in [3.63, 3.8) is 0 Å². The highest BCUT2D eigenvalue weighted by Gasteiger charge is 2.44. The van der Waals surface area contributed by atoms with E-state index in [4.69, 9.17) is 11.6 Å². The summed E-state index contributed by atoms with van der Waals surface area (Å²) in [4.78, 5) is 43.8. The van der Waals surface area contributed by atoms with E-state index < -0.39 is 11.9 Å². The Labute approximate surface area is 136 Å². The minimum atomic E-state index is -0.666. The summed E-state index contributed by atoms with van der Waals surface area (Å²) in [5.41, 5.74) is 0.414. The molecule has 0 bridgehead atoms. The number of carbonyl (C=O) groups is 4. The smallest absolute Gasteiger partial charge is 0.348 e. The van der Waals surface area contributed by atoms with Crippen LogP contribution in [0.2, 0.25) is 5.02 Å². The molecule has 2 atom stereocenters. The molecule has 3 aliphatic rings. The van der Waals surface area contributed by atoms with Gasteiger partial charge in [-0.15, -0.1) is 0 Å². The molecule has 1 saturated heterocycles. The van der Waals surface area contributed by atoms with Crippen LogP contribution < -0.4 is 0 Å². The first-order chi connectivity index (χ1) is 11.0. The lowest BCUT2D eigenvalue weighted by Gasteiger charge is -2.18. The zero-order valence-electron chi connectivity index (χ0n) is 12.0. The highest BCUT2D eigenvalue weighted by molar-refractivity contribution is 6.35. The van der Waals surface area contributed by atoms with Gasteiger partial charge in [0.25, 0.3) is 0 Å². The van der Waals surface area contributed by atoms with Gasteiger partial charge in [-0.3, -0.25) is 9.59 Å². The van der Waals surface area contributed by atoms with Gasteiger partial charge in [-0.05, 0) is 25.0 Å². The van der Waals surface area contributed by atoms with Crippen LogP contribution in [0.1, 0.15) is 46.4 Å². The summed E-state index contributed by atoms with van der Waals surface area (Å²) in [7, 11) is 0. The number of carbonyl (C=O) groups excluding carboxylic acids is 4. The molecule has 4 rings (SSSR count). The second-order valence-electron chi connectivity index (χ2n) is 5.58. The van der Waals surface area contributed by atoms with Crippen molar-refractivity contribution < 1.29 is 28.7 Å². The van der Waals surface area contributed by atoms with Gasteiger partial charge in [0.15, 0.2) is 0 Å². The first-order valence-corrected chi connectivity index (χ1v) is 7.67. The summed E-state index contributed by atoms with van der Waals surface area (Å²) in [6, 6.07) is 4.65. The van der Waals surface area contributed by atoms with Gasteiger partial charge in [0, 0.05) is 0 Å². The van der Waals surface area contributed by atoms with E-state index in [1.807, 2.05) is 0 Å². The molecule has 1 aromatic rings. The average Bonchev–Trinajstić information content (AvgIpc) is 2.99. The first-order valence-electron chi connectivity index (χ1n) is 7.29. The lowest BCUT2D eigenvalue weighted by Crippen LogP contribution is -2.21. The standard InChI is InChI=1S/C8H3ClO3.C8H10O3/c9-5-3-1-2-4-6(5)8(11)12-7(4)10;9-7-5-3-1-2-4-6(5)8(10)11-7/h1-3H;5-6H,1-4H2. The molecule has 23 heavy (non-hydrogen) atoms. The maximum Gasteiger partial charge on any atom is 0.348 e. The number of esters is 4. The van der Waals surface area contributed by atoms with E-state index in [-0.39, 0.29) is 39.9 Å². The number of fused-ring (bicyclic) bond motifs is 2. The molecule has 2 unspecified atom stereocenters. The number of halogens is 1. The number of hydrogen-bond acceptors (Lipinski definition) is 6. The third kappa shape index (κ3) is 2.86. The zero-order valence-corrected chi connectivity index (χ0v) is 12.8. The molecule has 1 aliphatic carbocycles. The quantitative estimate of drug-likeness (QED) is 0.534. The summed E-state index contributed by atoms with van der Waals surface area (Å²) in [6.07, 6.45) is 3.80. The lowest BCUT2D eigenvalue weighted by molar-refractivity contribution is -0.153. The Kier molecular flexibility index (Phi) is 4.17. The molecular formula is C16H13ClO6. The number of benzene rings is 1. The molecule has 2 aliphatic heterocycles. The van der Waals surface area contributed by atoms with Crippen LogP contribution in [0, 0.1) is 11.8 Å². The zero-order chi connectivity index (χ0) is 16.6. The Hall–Kier alpha value is -2.21. The molecule has 0 aromatic heterocycles. The van der Waals surface area contributed by atoms with Crippen LogP contribution in [-0.2, 0) is 19.1 Å². The highest BCUT2D eigenvalue weighted by Crippen LogP contribution is 2.36. The number of cyclic esters (lactones) is 4. The molecule has 0 radical (unpaired) electrons. The number of ether oxygens (including phenoxy) is 2. The van der Waals surface area contributed by atoms with E-state index in [9.17, 15) is 19.2 Å². The fourth-order valence-corrected chi connectivity index (χ4v) is 3.29. The Morgan fingerprint density at radius 1 is 0.870 bits per heavy atom. The third-order valence-corrected chi connectivity index (χ3v) is 4.51. The topological polar surface area (TPSA) is 86.7 Å². The molecule has 0 amide bonds. The van der Waals surface area contributed by atoms with E-state index in [0.717, 1.165) is 25.7 Å². The fourth-order valence-electron chi connectivity index (χ4n) is 3.04. The summed E-state index contributed by atoms with van der Waals surface area (Å²) < 4.78 is 8.88. The molecule has 6 nitrogen and oxygen atoms in total. The Morgan fingerprint density at radius 2 is 1.48 bits per heavy atom. The van der Waals surface area contributed by atoms with Crippen molar-refractivity contribution in [1.29, 1.82) is 0 Å². The number of hydrogen-bond donors (Lipinski definition) is 0. The molecule has 7 heteroatoms. The van der Waals surface area contributed by atoms with E-state index in [1.165, 1.54) is 6.07 Å². The van der Waals surface area contributed by atoms with Crippen LogP contribution in [0.4, 0.5) is 0 Å². The normalized spacial score (nSPS) is 25.1. The van der Waals surface area contributed by atoms with Gasteiger partial charge in [0.1, 0.15) is 0 Å². The van der Waals surface area contributed by atoms with Gasteiger partial charge in [-0.2, -0.15) is 0 Å². The van der Waals surface area contributed by atoms with Gasteiger partial charge in [-0.25, -0.2) is 9.59 Å². The highest BCUT2D eigenvalue weighted by atomic mass is 35.5. The van der Waals surface area contributed by atoms with E-state index in [0.29, 0.717) is 0 Å². The molecule has 120 valence electrons. The average molecular weight is 337 g/mol. The van der Waals surface area contributed by atoms with Crippen LogP contribution >= 0.6 is 11.6 Å². The van der Waals surface area contributed by atoms with Crippen molar-refractivity contribution in [2.24, 2.45) is 11.8 Å². The SMILES string of the molecule is O=C1OC(=O)C2CCCCC12.O=C1OC(=O)c2c(Cl)cccc21. The Bertz CT molecular complexity index is 689. The van der Waals surface area contributed by atoms with Gasteiger partial charge in [0.05, 0.1) is 28.0 Å². The summed E-state index contributed by atoms with van der Waals surface area (Å²) >= 11 is 5.68. The van der Waals surface area contributed by atoms with Crippen molar-refractivity contribution in [3.05, 3.63) is 34.3 Å². The van der Waals surface area contributed by atoms with Gasteiger partial charge < -0.3 is 9.47 Å². The first kappa shape index (κ1) is 15.7. The molecule has 2 heterocycles. The number of rotatable bonds is 0. The fraction of sp³-hybridized carbons (Fsp3) is 0.375. The second-order valence-corrected chi connectivity index (χ2v) is 5.98. The van der Waals surface area contributed by atoms with Gasteiger partial charge >= 0.3 is 23.9 Å². The maximum absolute atomic E-state index is 11.0. The Morgan fingerprint density at radius 3 is 2.04 bits per heavy atom. The molecule has 1 aromatic carbocycles. The monoisotopic (exact) mass is 336 g/mol. The van der Waals surface area contributed by atoms with Gasteiger partial charge in [-0.1, -0.05) is 30.5 Å². The Balaban J connectivity index is 0.000000136. The third-order valence-electron chi connectivity index (χ3n) is 4.20. The summed E-state index contributed by atoms with van der Waals surface area (Å²) in [5.74, 6) is -2.08. The largest absolute Gasteiger partial charge is 0.393 e. The maximum atomic E-state index is 11.0. The predicted molar refractivity (Wildman–Crippen MR) is 77.7 cm³/mol. The van der Waals surface area contributed by atoms with Crippen molar-refractivity contribution in [2.75, 3.05) is 0 Å². The van der Waals surface area contributed by atoms with Crippen LogP contribution in [0.25, 0.3) is 0 Å². The molecule has 1 saturated carbocycles. The minimum Gasteiger partial charge on any atom is -0.393 e. The van der Waals surface area contributed by atoms with E-state index >= 15 is 0 Å². The van der Waals surface area contributed by atoms with Crippen molar-refractivity contribution in [1.82, 2.24) is 0 Å². The molecule has 0 spiro atoms. The predicted octanol–water partition coefficient (Wildman–Crippen LogP) is 2.53. The molecule has 2 fully saturated rings. The van der Waals surface area contributed by atoms with Crippen LogP contribution in [0.15, 0.2) is 18.2 Å². The van der Waals surface area contributed by atoms with Crippen LogP contribution in [-0.4, -0.2) is 23.9 Å². The van der Waals surface area contributed by atoms with Gasteiger partial charge in [0.2, 0.25) is 0 Å². The van der Waals surface area contributed by atoms with Crippen molar-refractivity contribution in [2.45, 2.75) is 25.7 Å². The second kappa shape index (κ2) is 6.12. The van der Waals surface area contributed by atoms with Crippen LogP contribution in [0.3, 0.4) is 0 Å².